The first kappa shape index (κ1) is 18.2. The van der Waals surface area contributed by atoms with Crippen molar-refractivity contribution in [3.63, 3.8) is 0 Å². The highest BCUT2D eigenvalue weighted by Crippen LogP contribution is 2.27. The first-order valence-electron chi connectivity index (χ1n) is 8.14. The van der Waals surface area contributed by atoms with Gasteiger partial charge in [-0.2, -0.15) is 0 Å². The zero-order chi connectivity index (χ0) is 13.5. The van der Waals surface area contributed by atoms with Gasteiger partial charge in [0, 0.05) is 0 Å². The summed E-state index contributed by atoms with van der Waals surface area (Å²) in [4.78, 5) is 0. The first-order valence-corrected chi connectivity index (χ1v) is 8.14. The van der Waals surface area contributed by atoms with Crippen LogP contribution in [0.2, 0.25) is 0 Å². The predicted molar refractivity (Wildman–Crippen MR) is 118 cm³/mol. The van der Waals surface area contributed by atoms with Crippen molar-refractivity contribution in [3.8, 4) is 0 Å². The van der Waals surface area contributed by atoms with Crippen LogP contribution in [0.25, 0.3) is 22.4 Å². The van der Waals surface area contributed by atoms with Crippen molar-refractivity contribution in [2.24, 2.45) is 0 Å². The lowest BCUT2D eigenvalue weighted by atomic mass is 9.83. The molecule has 0 unspecified atom stereocenters. The highest BCUT2D eigenvalue weighted by atomic mass is 127. The molecule has 0 radical (unpaired) electrons. The van der Waals surface area contributed by atoms with E-state index in [1.54, 1.807) is 32.7 Å². The van der Waals surface area contributed by atoms with Crippen LogP contribution in [0.3, 0.4) is 0 Å². The van der Waals surface area contributed by atoms with Crippen LogP contribution in [-0.2, 0) is 12.8 Å². The van der Waals surface area contributed by atoms with Crippen molar-refractivity contribution in [3.05, 3.63) is 45.8 Å². The van der Waals surface area contributed by atoms with Crippen LogP contribution in [-0.4, -0.2) is 0 Å². The molecule has 2 aromatic rings. The van der Waals surface area contributed by atoms with E-state index in [9.17, 15) is 0 Å². The highest BCUT2D eigenvalue weighted by Gasteiger charge is 2.16. The molecule has 0 N–H and O–H groups in total. The van der Waals surface area contributed by atoms with E-state index in [4.69, 9.17) is 0 Å². The number of hydrogen-bond donors (Lipinski definition) is 0. The Hall–Kier alpha value is -0.1000. The molecular formula is C20H24I2. The molecule has 0 bridgehead atoms. The van der Waals surface area contributed by atoms with E-state index >= 15 is 0 Å². The Kier molecular flexibility index (Phi) is 6.34. The molecule has 0 aliphatic heterocycles. The molecule has 4 rings (SSSR count). The standard InChI is InChI=1S/C20H22.2HI/c1-2-3-5-14-8-9-17-11-10-15-6-4-7-16-12-13-18(14)20(17)19(15)16;;/h6,10-13H,2-5,7-9H2,1H3;2*1H. The normalized spacial score (nSPS) is 14.9. The van der Waals surface area contributed by atoms with E-state index in [-0.39, 0.29) is 48.0 Å². The van der Waals surface area contributed by atoms with Crippen molar-refractivity contribution >= 4 is 70.4 Å². The van der Waals surface area contributed by atoms with E-state index < -0.39 is 0 Å². The number of halogens is 2. The van der Waals surface area contributed by atoms with Gasteiger partial charge in [0.2, 0.25) is 0 Å². The Balaban J connectivity index is 0.000000882. The van der Waals surface area contributed by atoms with Crippen molar-refractivity contribution in [1.29, 1.82) is 0 Å². The molecule has 0 spiro atoms. The van der Waals surface area contributed by atoms with E-state index in [0.29, 0.717) is 0 Å². The molecule has 2 aliphatic carbocycles. The minimum absolute atomic E-state index is 0. The molecule has 0 saturated heterocycles. The van der Waals surface area contributed by atoms with Crippen molar-refractivity contribution in [1.82, 2.24) is 0 Å². The summed E-state index contributed by atoms with van der Waals surface area (Å²) >= 11 is 0. The summed E-state index contributed by atoms with van der Waals surface area (Å²) in [6.07, 6.45) is 11.3. The van der Waals surface area contributed by atoms with Gasteiger partial charge < -0.3 is 0 Å². The minimum atomic E-state index is 0. The maximum atomic E-state index is 2.43. The SMILES string of the molecule is CCCCC1=c2ccc3c4c(ccc(c24)CC1)=CCC3.I.I. The molecule has 118 valence electrons. The Morgan fingerprint density at radius 3 is 2.45 bits per heavy atom. The van der Waals surface area contributed by atoms with Gasteiger partial charge >= 0.3 is 0 Å². The zero-order valence-corrected chi connectivity index (χ0v) is 17.8. The van der Waals surface area contributed by atoms with Gasteiger partial charge in [0.1, 0.15) is 0 Å². The Bertz CT molecular complexity index is 803. The number of unbranched alkanes of at least 4 members (excludes halogenated alkanes) is 1. The van der Waals surface area contributed by atoms with E-state index in [2.05, 4.69) is 37.3 Å². The molecule has 2 aromatic carbocycles. The molecule has 0 heterocycles. The third-order valence-electron chi connectivity index (χ3n) is 5.05. The smallest absolute Gasteiger partial charge is 0.00710 e. The zero-order valence-electron chi connectivity index (χ0n) is 13.2. The number of aryl methyl sites for hydroxylation is 2. The van der Waals surface area contributed by atoms with Crippen molar-refractivity contribution < 1.29 is 0 Å². The summed E-state index contributed by atoms with van der Waals surface area (Å²) in [5.41, 5.74) is 4.85. The van der Waals surface area contributed by atoms with Gasteiger partial charge in [-0.05, 0) is 70.9 Å². The number of benzene rings is 2. The quantitative estimate of drug-likeness (QED) is 0.497. The van der Waals surface area contributed by atoms with Gasteiger partial charge in [-0.25, -0.2) is 0 Å². The third kappa shape index (κ3) is 2.97. The first-order chi connectivity index (χ1) is 9.88. The highest BCUT2D eigenvalue weighted by molar-refractivity contribution is 14.0. The fraction of sp³-hybridized carbons (Fsp3) is 0.400. The van der Waals surface area contributed by atoms with Crippen molar-refractivity contribution in [2.45, 2.75) is 51.9 Å². The van der Waals surface area contributed by atoms with Crippen molar-refractivity contribution in [2.75, 3.05) is 0 Å². The minimum Gasteiger partial charge on any atom is -0.107 e. The number of hydrogen-bond acceptors (Lipinski definition) is 0. The number of rotatable bonds is 3. The second kappa shape index (κ2) is 7.65. The molecule has 0 saturated carbocycles. The third-order valence-corrected chi connectivity index (χ3v) is 5.05. The van der Waals surface area contributed by atoms with E-state index in [1.807, 2.05) is 0 Å². The summed E-state index contributed by atoms with van der Waals surface area (Å²) in [6, 6.07) is 9.54. The Morgan fingerprint density at radius 2 is 1.64 bits per heavy atom. The van der Waals surface area contributed by atoms with Gasteiger partial charge in [-0.3, -0.25) is 0 Å². The summed E-state index contributed by atoms with van der Waals surface area (Å²) in [5, 5.41) is 6.20. The van der Waals surface area contributed by atoms with Crippen LogP contribution in [0.15, 0.2) is 24.3 Å². The Labute approximate surface area is 167 Å². The molecule has 0 fully saturated rings. The van der Waals surface area contributed by atoms with E-state index in [1.165, 1.54) is 50.2 Å². The predicted octanol–water partition coefficient (Wildman–Crippen LogP) is 5.09. The van der Waals surface area contributed by atoms with Crippen LogP contribution in [0.5, 0.6) is 0 Å². The maximum absolute atomic E-state index is 2.43. The van der Waals surface area contributed by atoms with Crippen LogP contribution < -0.4 is 10.4 Å². The lowest BCUT2D eigenvalue weighted by Crippen LogP contribution is -2.21. The van der Waals surface area contributed by atoms with Gasteiger partial charge in [-0.1, -0.05) is 49.3 Å². The summed E-state index contributed by atoms with van der Waals surface area (Å²) < 4.78 is 0. The van der Waals surface area contributed by atoms with Gasteiger partial charge in [0.15, 0.2) is 0 Å². The molecule has 0 amide bonds. The van der Waals surface area contributed by atoms with E-state index in [0.717, 1.165) is 0 Å². The average Bonchev–Trinajstić information content (AvgIpc) is 2.51. The molecule has 2 aliphatic rings. The molecule has 2 heteroatoms. The van der Waals surface area contributed by atoms with Crippen LogP contribution in [0, 0.1) is 0 Å². The molecule has 0 nitrogen and oxygen atoms in total. The second-order valence-corrected chi connectivity index (χ2v) is 6.29. The van der Waals surface area contributed by atoms with Crippen LogP contribution in [0.1, 0.15) is 50.2 Å². The second-order valence-electron chi connectivity index (χ2n) is 6.29. The van der Waals surface area contributed by atoms with Gasteiger partial charge in [0.25, 0.3) is 0 Å². The lowest BCUT2D eigenvalue weighted by molar-refractivity contribution is 0.795. The lowest BCUT2D eigenvalue weighted by Gasteiger charge is -2.21. The molecular weight excluding hydrogens is 494 g/mol. The van der Waals surface area contributed by atoms with Crippen LogP contribution in [0.4, 0.5) is 0 Å². The molecule has 22 heavy (non-hydrogen) atoms. The van der Waals surface area contributed by atoms with Gasteiger partial charge in [-0.15, -0.1) is 48.0 Å². The molecule has 0 atom stereocenters. The summed E-state index contributed by atoms with van der Waals surface area (Å²) in [7, 11) is 0. The fourth-order valence-corrected chi connectivity index (χ4v) is 4.00. The monoisotopic (exact) mass is 518 g/mol. The maximum Gasteiger partial charge on any atom is -0.00710 e. The topological polar surface area (TPSA) is 0 Å². The average molecular weight is 518 g/mol. The van der Waals surface area contributed by atoms with Gasteiger partial charge in [0.05, 0.1) is 0 Å². The fourth-order valence-electron chi connectivity index (χ4n) is 4.00. The summed E-state index contributed by atoms with van der Waals surface area (Å²) in [6.45, 7) is 2.29. The molecule has 0 aromatic heterocycles. The Morgan fingerprint density at radius 1 is 0.864 bits per heavy atom. The van der Waals surface area contributed by atoms with Crippen LogP contribution >= 0.6 is 48.0 Å². The largest absolute Gasteiger partial charge is 0.107 e. The summed E-state index contributed by atoms with van der Waals surface area (Å²) in [5.74, 6) is 0.